The monoisotopic (exact) mass is 433 g/mol. The van der Waals surface area contributed by atoms with Gasteiger partial charge in [0.2, 0.25) is 0 Å². The summed E-state index contributed by atoms with van der Waals surface area (Å²) in [6, 6.07) is 6.66. The highest BCUT2D eigenvalue weighted by atomic mass is 79.9. The van der Waals surface area contributed by atoms with Crippen molar-refractivity contribution in [2.75, 3.05) is 11.9 Å². The number of halogens is 1. The Morgan fingerprint density at radius 2 is 1.74 bits per heavy atom. The number of hydrogen-bond acceptors (Lipinski definition) is 4. The molecule has 0 saturated heterocycles. The maximum Gasteiger partial charge on any atom is 0.312 e. The van der Waals surface area contributed by atoms with Crippen LogP contribution in [0.25, 0.3) is 0 Å². The van der Waals surface area contributed by atoms with Gasteiger partial charge < -0.3 is 10.1 Å². The molecule has 27 heavy (non-hydrogen) atoms. The average molecular weight is 434 g/mol. The summed E-state index contributed by atoms with van der Waals surface area (Å²) in [7, 11) is 0. The van der Waals surface area contributed by atoms with Crippen molar-refractivity contribution in [2.45, 2.75) is 49.8 Å². The van der Waals surface area contributed by atoms with Crippen LogP contribution in [0.1, 0.15) is 55.8 Å². The summed E-state index contributed by atoms with van der Waals surface area (Å²) in [5.74, 6) is 0.570. The molecular formula is C21H24BrNO4. The molecule has 1 amide bonds. The number of alkyl halides is 1. The van der Waals surface area contributed by atoms with Gasteiger partial charge in [-0.1, -0.05) is 15.9 Å². The predicted octanol–water partition coefficient (Wildman–Crippen LogP) is 4.10. The van der Waals surface area contributed by atoms with Crippen LogP contribution in [0.5, 0.6) is 0 Å². The van der Waals surface area contributed by atoms with E-state index < -0.39 is 5.41 Å². The number of anilines is 1. The van der Waals surface area contributed by atoms with E-state index in [1.54, 1.807) is 24.3 Å². The van der Waals surface area contributed by atoms with E-state index in [0.29, 0.717) is 23.1 Å². The number of hydrogen-bond donors (Lipinski definition) is 1. The zero-order valence-corrected chi connectivity index (χ0v) is 17.0. The van der Waals surface area contributed by atoms with E-state index in [1.807, 2.05) is 0 Å². The third-order valence-corrected chi connectivity index (χ3v) is 7.26. The normalized spacial score (nSPS) is 33.6. The van der Waals surface area contributed by atoms with E-state index in [-0.39, 0.29) is 28.6 Å². The predicted molar refractivity (Wildman–Crippen MR) is 105 cm³/mol. The third-order valence-electron chi connectivity index (χ3n) is 6.33. The van der Waals surface area contributed by atoms with E-state index in [0.717, 1.165) is 32.1 Å². The number of esters is 1. The number of amides is 1. The molecule has 4 bridgehead atoms. The number of nitrogens with one attached hydrogen (secondary N) is 1. The van der Waals surface area contributed by atoms with Gasteiger partial charge in [-0.2, -0.15) is 0 Å². The van der Waals surface area contributed by atoms with Crippen LogP contribution in [0.4, 0.5) is 5.69 Å². The molecule has 1 N–H and O–H groups in total. The van der Waals surface area contributed by atoms with Gasteiger partial charge in [-0.3, -0.25) is 14.4 Å². The lowest BCUT2D eigenvalue weighted by atomic mass is 9.49. The van der Waals surface area contributed by atoms with Crippen LogP contribution in [0.3, 0.4) is 0 Å². The second-order valence-corrected chi connectivity index (χ2v) is 10.3. The fraction of sp³-hybridized carbons (Fsp3) is 0.571. The van der Waals surface area contributed by atoms with Gasteiger partial charge in [0.05, 0.1) is 5.41 Å². The lowest BCUT2D eigenvalue weighted by Crippen LogP contribution is -2.56. The van der Waals surface area contributed by atoms with Gasteiger partial charge in [-0.25, -0.2) is 0 Å². The van der Waals surface area contributed by atoms with Crippen LogP contribution in [0.2, 0.25) is 0 Å². The molecule has 2 unspecified atom stereocenters. The van der Waals surface area contributed by atoms with E-state index in [4.69, 9.17) is 4.74 Å². The van der Waals surface area contributed by atoms with Crippen molar-refractivity contribution in [3.8, 4) is 0 Å². The van der Waals surface area contributed by atoms with Gasteiger partial charge in [-0.05, 0) is 81.5 Å². The van der Waals surface area contributed by atoms with Gasteiger partial charge in [0.15, 0.2) is 12.4 Å². The Bertz CT molecular complexity index is 774. The minimum absolute atomic E-state index is 0.0260. The maximum atomic E-state index is 12.9. The first-order chi connectivity index (χ1) is 12.8. The Hall–Kier alpha value is -1.69. The molecule has 0 aromatic heterocycles. The SMILES string of the molecule is CC(=O)c1ccc(NC(=O)COC(=O)C23C[C@@H]4C[C@@H](CC(Br)(C4)C2)C3)cc1. The summed E-state index contributed by atoms with van der Waals surface area (Å²) in [6.45, 7) is 1.22. The summed E-state index contributed by atoms with van der Waals surface area (Å²) in [5.41, 5.74) is 0.747. The summed E-state index contributed by atoms with van der Waals surface area (Å²) in [5, 5.41) is 2.71. The number of benzene rings is 1. The molecule has 0 spiro atoms. The van der Waals surface area contributed by atoms with Gasteiger partial charge >= 0.3 is 5.97 Å². The Labute approximate surface area is 167 Å². The lowest BCUT2D eigenvalue weighted by Gasteiger charge is -2.58. The molecule has 0 aliphatic heterocycles. The fourth-order valence-electron chi connectivity index (χ4n) is 5.66. The molecule has 6 heteroatoms. The van der Waals surface area contributed by atoms with Crippen molar-refractivity contribution in [3.63, 3.8) is 0 Å². The Kier molecular flexibility index (Phi) is 4.65. The van der Waals surface area contributed by atoms with Gasteiger partial charge in [0, 0.05) is 15.6 Å². The van der Waals surface area contributed by atoms with Crippen molar-refractivity contribution in [1.29, 1.82) is 0 Å². The Morgan fingerprint density at radius 1 is 1.11 bits per heavy atom. The first-order valence-electron chi connectivity index (χ1n) is 9.54. The number of carbonyl (C=O) groups excluding carboxylic acids is 3. The molecule has 0 radical (unpaired) electrons. The smallest absolute Gasteiger partial charge is 0.312 e. The van der Waals surface area contributed by atoms with Crippen molar-refractivity contribution < 1.29 is 19.1 Å². The highest BCUT2D eigenvalue weighted by molar-refractivity contribution is 9.10. The topological polar surface area (TPSA) is 72.5 Å². The van der Waals surface area contributed by atoms with Crippen LogP contribution >= 0.6 is 15.9 Å². The molecule has 4 fully saturated rings. The fourth-order valence-corrected chi connectivity index (χ4v) is 7.11. The van der Waals surface area contributed by atoms with E-state index in [9.17, 15) is 14.4 Å². The van der Waals surface area contributed by atoms with Gasteiger partial charge in [-0.15, -0.1) is 0 Å². The minimum Gasteiger partial charge on any atom is -0.455 e. The minimum atomic E-state index is -0.420. The van der Waals surface area contributed by atoms with Crippen LogP contribution in [-0.2, 0) is 14.3 Å². The van der Waals surface area contributed by atoms with E-state index in [1.165, 1.54) is 13.3 Å². The molecular weight excluding hydrogens is 410 g/mol. The lowest BCUT2D eigenvalue weighted by molar-refractivity contribution is -0.170. The van der Waals surface area contributed by atoms with Gasteiger partial charge in [0.25, 0.3) is 5.91 Å². The average Bonchev–Trinajstić information content (AvgIpc) is 2.58. The third kappa shape index (κ3) is 3.68. The number of carbonyl (C=O) groups is 3. The number of rotatable bonds is 5. The van der Waals surface area contributed by atoms with E-state index in [2.05, 4.69) is 21.2 Å². The van der Waals surface area contributed by atoms with E-state index >= 15 is 0 Å². The van der Waals surface area contributed by atoms with Crippen LogP contribution in [0.15, 0.2) is 24.3 Å². The second kappa shape index (κ2) is 6.73. The highest BCUT2D eigenvalue weighted by Crippen LogP contribution is 2.64. The molecule has 1 aromatic rings. The highest BCUT2D eigenvalue weighted by Gasteiger charge is 2.60. The molecule has 4 saturated carbocycles. The molecule has 0 heterocycles. The summed E-state index contributed by atoms with van der Waals surface area (Å²) in [4.78, 5) is 36.3. The Morgan fingerprint density at radius 3 is 2.30 bits per heavy atom. The largest absolute Gasteiger partial charge is 0.455 e. The molecule has 4 aliphatic rings. The van der Waals surface area contributed by atoms with Gasteiger partial charge in [0.1, 0.15) is 0 Å². The van der Waals surface area contributed by atoms with Crippen LogP contribution < -0.4 is 5.32 Å². The summed E-state index contributed by atoms with van der Waals surface area (Å²) >= 11 is 3.89. The summed E-state index contributed by atoms with van der Waals surface area (Å²) in [6.07, 6.45) is 6.12. The number of ketones is 1. The van der Waals surface area contributed by atoms with Crippen LogP contribution in [-0.4, -0.2) is 28.6 Å². The zero-order valence-electron chi connectivity index (χ0n) is 15.4. The summed E-state index contributed by atoms with van der Waals surface area (Å²) < 4.78 is 5.52. The first kappa shape index (κ1) is 18.7. The van der Waals surface area contributed by atoms with Crippen molar-refractivity contribution in [1.82, 2.24) is 0 Å². The number of Topliss-reactive ketones (excluding diaryl/α,β-unsaturated/α-hetero) is 1. The standard InChI is InChI=1S/C21H24BrNO4/c1-13(24)16-2-4-17(5-3-16)23-18(25)11-27-19(26)20-7-14-6-15(8-20)10-21(22,9-14)12-20/h2-5,14-15H,6-12H2,1H3,(H,23,25)/t14-,15+,20?,21?. The van der Waals surface area contributed by atoms with Crippen molar-refractivity contribution >= 4 is 39.3 Å². The quantitative estimate of drug-likeness (QED) is 0.430. The second-order valence-electron chi connectivity index (χ2n) is 8.65. The maximum absolute atomic E-state index is 12.9. The molecule has 4 aliphatic carbocycles. The molecule has 144 valence electrons. The van der Waals surface area contributed by atoms with Crippen LogP contribution in [0, 0.1) is 17.3 Å². The molecule has 4 atom stereocenters. The molecule has 1 aromatic carbocycles. The number of ether oxygens (including phenoxy) is 1. The molecule has 5 rings (SSSR count). The first-order valence-corrected chi connectivity index (χ1v) is 10.3. The molecule has 5 nitrogen and oxygen atoms in total. The van der Waals surface area contributed by atoms with Crippen molar-refractivity contribution in [3.05, 3.63) is 29.8 Å². The zero-order chi connectivity index (χ0) is 19.2. The van der Waals surface area contributed by atoms with Crippen molar-refractivity contribution in [2.24, 2.45) is 17.3 Å². The Balaban J connectivity index is 1.34.